The molecule has 0 saturated carbocycles. The first kappa shape index (κ1) is 22.7. The maximum atomic E-state index is 13.0. The van der Waals surface area contributed by atoms with Crippen LogP contribution in [0.2, 0.25) is 0 Å². The van der Waals surface area contributed by atoms with Crippen molar-refractivity contribution in [3.63, 3.8) is 0 Å². The monoisotopic (exact) mass is 461 g/mol. The van der Waals surface area contributed by atoms with Crippen LogP contribution in [0.1, 0.15) is 64.1 Å². The molecule has 7 nitrogen and oxygen atoms in total. The summed E-state index contributed by atoms with van der Waals surface area (Å²) >= 11 is 0. The Bertz CT molecular complexity index is 1240. The Hall–Kier alpha value is -3.09. The van der Waals surface area contributed by atoms with Gasteiger partial charge in [-0.25, -0.2) is 0 Å². The fraction of sp³-hybridized carbons (Fsp3) is 0.519. The first-order valence-corrected chi connectivity index (χ1v) is 12.5. The number of nitrogens with one attached hydrogen (secondary N) is 2. The second-order valence-electron chi connectivity index (χ2n) is 10.5. The average Bonchev–Trinajstić information content (AvgIpc) is 3.43. The molecule has 0 bridgehead atoms. The lowest BCUT2D eigenvalue weighted by Crippen LogP contribution is -2.47. The third-order valence-electron chi connectivity index (χ3n) is 8.18. The Morgan fingerprint density at radius 1 is 1.29 bits per heavy atom. The molecule has 1 fully saturated rings. The molecule has 7 heteroatoms. The number of amides is 2. The molecule has 1 aliphatic heterocycles. The van der Waals surface area contributed by atoms with Gasteiger partial charge in [0.2, 0.25) is 11.8 Å². The average molecular weight is 462 g/mol. The number of carbonyl (C=O) groups excluding carboxylic acids is 2. The van der Waals surface area contributed by atoms with Gasteiger partial charge in [0, 0.05) is 47.4 Å². The smallest absolute Gasteiger partial charge is 0.246 e. The van der Waals surface area contributed by atoms with E-state index in [1.807, 2.05) is 25.1 Å². The minimum Gasteiger partial charge on any atom is -0.353 e. The van der Waals surface area contributed by atoms with Crippen LogP contribution in [0.25, 0.3) is 22.3 Å². The Kier molecular flexibility index (Phi) is 5.74. The number of fused-ring (bicyclic) bond motifs is 2. The lowest BCUT2D eigenvalue weighted by molar-refractivity contribution is -0.139. The van der Waals surface area contributed by atoms with Crippen LogP contribution in [0.15, 0.2) is 24.3 Å². The van der Waals surface area contributed by atoms with E-state index in [9.17, 15) is 9.59 Å². The zero-order valence-corrected chi connectivity index (χ0v) is 20.7. The fourth-order valence-electron chi connectivity index (χ4n) is 5.47. The maximum absolute atomic E-state index is 13.0. The Balaban J connectivity index is 1.36. The standard InChI is InChI=1S/C27H35N5O2/c1-5-27(3)12-11-20-23(15-27)29-30-26(20)22-13-18-9-10-19(14-21(18)28-22)31(4)25(34)16-32-17(2)7-6-8-24(32)33/h9-10,13-14,17,28H,5-8,11-12,15-16H2,1-4H3,(H,29,30)/t17-,27?/m0/s1. The summed E-state index contributed by atoms with van der Waals surface area (Å²) in [7, 11) is 1.78. The molecule has 0 spiro atoms. The highest BCUT2D eigenvalue weighted by Gasteiger charge is 2.32. The second kappa shape index (κ2) is 8.60. The highest BCUT2D eigenvalue weighted by Crippen LogP contribution is 2.40. The molecule has 2 N–H and O–H groups in total. The fourth-order valence-corrected chi connectivity index (χ4v) is 5.47. The van der Waals surface area contributed by atoms with Crippen molar-refractivity contribution in [2.24, 2.45) is 5.41 Å². The quantitative estimate of drug-likeness (QED) is 0.571. The van der Waals surface area contributed by atoms with Crippen molar-refractivity contribution < 1.29 is 9.59 Å². The van der Waals surface area contributed by atoms with Gasteiger partial charge in [0.15, 0.2) is 0 Å². The summed E-state index contributed by atoms with van der Waals surface area (Å²) < 4.78 is 0. The molecule has 3 heterocycles. The van der Waals surface area contributed by atoms with Gasteiger partial charge < -0.3 is 14.8 Å². The molecule has 5 rings (SSSR count). The third-order valence-corrected chi connectivity index (χ3v) is 8.18. The molecular weight excluding hydrogens is 426 g/mol. The van der Waals surface area contributed by atoms with Crippen LogP contribution >= 0.6 is 0 Å². The van der Waals surface area contributed by atoms with Gasteiger partial charge >= 0.3 is 0 Å². The SMILES string of the molecule is CCC1(C)CCc2c(-c3cc4ccc(N(C)C(=O)CN5C(=O)CCC[C@@H]5C)cc4[nH]3)n[nH]c2C1. The van der Waals surface area contributed by atoms with Crippen molar-refractivity contribution in [3.8, 4) is 11.4 Å². The van der Waals surface area contributed by atoms with Crippen LogP contribution in [0, 0.1) is 5.41 Å². The topological polar surface area (TPSA) is 85.1 Å². The van der Waals surface area contributed by atoms with Crippen molar-refractivity contribution in [1.29, 1.82) is 0 Å². The van der Waals surface area contributed by atoms with Gasteiger partial charge in [-0.15, -0.1) is 0 Å². The molecule has 2 atom stereocenters. The van der Waals surface area contributed by atoms with Crippen LogP contribution in [0.4, 0.5) is 5.69 Å². The van der Waals surface area contributed by atoms with E-state index in [4.69, 9.17) is 0 Å². The first-order valence-electron chi connectivity index (χ1n) is 12.5. The molecule has 1 aromatic carbocycles. The van der Waals surface area contributed by atoms with Crippen LogP contribution in [-0.4, -0.2) is 51.5 Å². The van der Waals surface area contributed by atoms with E-state index >= 15 is 0 Å². The highest BCUT2D eigenvalue weighted by atomic mass is 16.2. The van der Waals surface area contributed by atoms with Gasteiger partial charge in [-0.1, -0.05) is 26.3 Å². The minimum absolute atomic E-state index is 0.0754. The summed E-state index contributed by atoms with van der Waals surface area (Å²) in [5.41, 5.74) is 6.73. The van der Waals surface area contributed by atoms with E-state index in [1.54, 1.807) is 16.8 Å². The van der Waals surface area contributed by atoms with E-state index in [1.165, 1.54) is 24.1 Å². The Labute approximate surface area is 200 Å². The van der Waals surface area contributed by atoms with Gasteiger partial charge in [0.1, 0.15) is 12.2 Å². The summed E-state index contributed by atoms with van der Waals surface area (Å²) in [5, 5.41) is 9.05. The molecule has 3 aromatic rings. The number of likely N-dealkylation sites (N-methyl/N-ethyl adjacent to an activating group) is 1. The predicted octanol–water partition coefficient (Wildman–Crippen LogP) is 4.83. The number of H-pyrrole nitrogens is 2. The highest BCUT2D eigenvalue weighted by molar-refractivity contribution is 5.98. The van der Waals surface area contributed by atoms with E-state index in [2.05, 4.69) is 35.1 Å². The molecule has 0 radical (unpaired) electrons. The lowest BCUT2D eigenvalue weighted by Gasteiger charge is -2.34. The van der Waals surface area contributed by atoms with E-state index < -0.39 is 0 Å². The van der Waals surface area contributed by atoms with Crippen molar-refractivity contribution in [2.45, 2.75) is 71.8 Å². The molecule has 34 heavy (non-hydrogen) atoms. The van der Waals surface area contributed by atoms with E-state index in [-0.39, 0.29) is 24.4 Å². The number of aromatic amines is 2. The molecule has 2 amide bonds. The summed E-state index contributed by atoms with van der Waals surface area (Å²) in [4.78, 5) is 32.2. The minimum atomic E-state index is -0.0754. The van der Waals surface area contributed by atoms with Gasteiger partial charge in [-0.3, -0.25) is 14.7 Å². The first-order chi connectivity index (χ1) is 16.3. The predicted molar refractivity (Wildman–Crippen MR) is 135 cm³/mol. The maximum Gasteiger partial charge on any atom is 0.246 e. The normalized spacial score (nSPS) is 22.8. The number of likely N-dealkylation sites (tertiary alicyclic amines) is 1. The lowest BCUT2D eigenvalue weighted by atomic mass is 9.73. The largest absolute Gasteiger partial charge is 0.353 e. The van der Waals surface area contributed by atoms with Crippen molar-refractivity contribution >= 4 is 28.4 Å². The summed E-state index contributed by atoms with van der Waals surface area (Å²) in [6.45, 7) is 6.78. The van der Waals surface area contributed by atoms with Crippen LogP contribution in [0.5, 0.6) is 0 Å². The number of benzene rings is 1. The Morgan fingerprint density at radius 2 is 2.12 bits per heavy atom. The van der Waals surface area contributed by atoms with E-state index in [0.717, 1.165) is 53.7 Å². The number of carbonyl (C=O) groups is 2. The van der Waals surface area contributed by atoms with Gasteiger partial charge in [-0.05, 0) is 62.6 Å². The number of anilines is 1. The van der Waals surface area contributed by atoms with Gasteiger partial charge in [0.05, 0.1) is 5.69 Å². The molecule has 1 saturated heterocycles. The zero-order chi connectivity index (χ0) is 24.0. The summed E-state index contributed by atoms with van der Waals surface area (Å²) in [6, 6.07) is 8.26. The molecule has 1 unspecified atom stereocenters. The van der Waals surface area contributed by atoms with Crippen molar-refractivity contribution in [1.82, 2.24) is 20.1 Å². The van der Waals surface area contributed by atoms with Gasteiger partial charge in [-0.2, -0.15) is 5.10 Å². The van der Waals surface area contributed by atoms with Crippen molar-refractivity contribution in [3.05, 3.63) is 35.5 Å². The zero-order valence-electron chi connectivity index (χ0n) is 20.7. The molecule has 1 aliphatic carbocycles. The number of nitrogens with zero attached hydrogens (tertiary/aromatic N) is 3. The molecule has 180 valence electrons. The molecule has 2 aromatic heterocycles. The third kappa shape index (κ3) is 4.01. The number of rotatable bonds is 5. The summed E-state index contributed by atoms with van der Waals surface area (Å²) in [6.07, 6.45) is 6.83. The second-order valence-corrected chi connectivity index (χ2v) is 10.5. The van der Waals surface area contributed by atoms with Gasteiger partial charge in [0.25, 0.3) is 0 Å². The molecule has 2 aliphatic rings. The number of aromatic nitrogens is 3. The summed E-state index contributed by atoms with van der Waals surface area (Å²) in [5.74, 6) is 0.000112. The Morgan fingerprint density at radius 3 is 2.88 bits per heavy atom. The number of hydrogen-bond donors (Lipinski definition) is 2. The molecular formula is C27H35N5O2. The van der Waals surface area contributed by atoms with Crippen LogP contribution in [-0.2, 0) is 22.4 Å². The van der Waals surface area contributed by atoms with Crippen molar-refractivity contribution in [2.75, 3.05) is 18.5 Å². The van der Waals surface area contributed by atoms with Crippen LogP contribution < -0.4 is 4.90 Å². The van der Waals surface area contributed by atoms with Crippen LogP contribution in [0.3, 0.4) is 0 Å². The number of hydrogen-bond acceptors (Lipinski definition) is 3. The number of piperidine rings is 1. The van der Waals surface area contributed by atoms with E-state index in [0.29, 0.717) is 11.8 Å².